The molecule has 0 saturated carbocycles. The van der Waals surface area contributed by atoms with Crippen molar-refractivity contribution in [3.05, 3.63) is 46.4 Å². The molecule has 0 N–H and O–H groups in total. The van der Waals surface area contributed by atoms with Gasteiger partial charge in [0.15, 0.2) is 0 Å². The molecule has 3 heteroatoms. The molecule has 0 amide bonds. The van der Waals surface area contributed by atoms with Gasteiger partial charge >= 0.3 is 0 Å². The fourth-order valence-corrected chi connectivity index (χ4v) is 2.51. The monoisotopic (exact) mass is 306 g/mol. The van der Waals surface area contributed by atoms with E-state index in [1.54, 1.807) is 14.2 Å². The maximum absolute atomic E-state index is 5.50. The summed E-state index contributed by atoms with van der Waals surface area (Å²) in [5.74, 6) is 1.60. The van der Waals surface area contributed by atoms with Crippen molar-refractivity contribution in [3.8, 4) is 22.6 Å². The lowest BCUT2D eigenvalue weighted by Gasteiger charge is -2.16. The van der Waals surface area contributed by atoms with E-state index in [2.05, 4.69) is 35.0 Å². The Balaban J connectivity index is 2.76. The number of hydrogen-bond acceptors (Lipinski definition) is 2. The van der Waals surface area contributed by atoms with Crippen molar-refractivity contribution in [1.29, 1.82) is 0 Å². The molecule has 0 unspecified atom stereocenters. The molecule has 0 radical (unpaired) electrons. The van der Waals surface area contributed by atoms with Crippen molar-refractivity contribution < 1.29 is 9.47 Å². The molecular formula is C15H15BrO2. The van der Waals surface area contributed by atoms with Crippen LogP contribution in [0.4, 0.5) is 0 Å². The van der Waals surface area contributed by atoms with Gasteiger partial charge in [0.2, 0.25) is 0 Å². The van der Waals surface area contributed by atoms with E-state index in [0.29, 0.717) is 0 Å². The van der Waals surface area contributed by atoms with E-state index in [-0.39, 0.29) is 0 Å². The third kappa shape index (κ3) is 2.23. The highest BCUT2D eigenvalue weighted by Crippen LogP contribution is 2.43. The zero-order valence-electron chi connectivity index (χ0n) is 10.7. The maximum Gasteiger partial charge on any atom is 0.144 e. The van der Waals surface area contributed by atoms with Gasteiger partial charge in [-0.1, -0.05) is 24.3 Å². The van der Waals surface area contributed by atoms with Crippen molar-refractivity contribution in [2.75, 3.05) is 14.2 Å². The molecular weight excluding hydrogens is 292 g/mol. The lowest BCUT2D eigenvalue weighted by atomic mass is 9.99. The molecule has 0 aromatic heterocycles. The second kappa shape index (κ2) is 5.44. The summed E-state index contributed by atoms with van der Waals surface area (Å²) in [5, 5.41) is 0. The van der Waals surface area contributed by atoms with Crippen LogP contribution < -0.4 is 9.47 Å². The van der Waals surface area contributed by atoms with Crippen molar-refractivity contribution in [2.24, 2.45) is 0 Å². The SMILES string of the molecule is COc1ccc(Br)c(OC)c1-c1ccccc1C. The summed E-state index contributed by atoms with van der Waals surface area (Å²) in [4.78, 5) is 0. The van der Waals surface area contributed by atoms with E-state index >= 15 is 0 Å². The van der Waals surface area contributed by atoms with E-state index in [0.717, 1.165) is 27.1 Å². The Kier molecular flexibility index (Phi) is 3.92. The highest BCUT2D eigenvalue weighted by atomic mass is 79.9. The molecule has 2 rings (SSSR count). The average Bonchev–Trinajstić information content (AvgIpc) is 2.39. The normalized spacial score (nSPS) is 10.2. The lowest BCUT2D eigenvalue weighted by Crippen LogP contribution is -1.95. The molecule has 0 aliphatic rings. The highest BCUT2D eigenvalue weighted by Gasteiger charge is 2.16. The summed E-state index contributed by atoms with van der Waals surface area (Å²) >= 11 is 3.51. The smallest absolute Gasteiger partial charge is 0.144 e. The number of ether oxygens (including phenoxy) is 2. The van der Waals surface area contributed by atoms with Gasteiger partial charge in [-0.3, -0.25) is 0 Å². The Morgan fingerprint density at radius 2 is 1.67 bits per heavy atom. The van der Waals surface area contributed by atoms with E-state index < -0.39 is 0 Å². The van der Waals surface area contributed by atoms with E-state index in [1.165, 1.54) is 5.56 Å². The van der Waals surface area contributed by atoms with E-state index in [9.17, 15) is 0 Å². The van der Waals surface area contributed by atoms with Gasteiger partial charge in [0.05, 0.1) is 24.3 Å². The van der Waals surface area contributed by atoms with Crippen molar-refractivity contribution in [2.45, 2.75) is 6.92 Å². The van der Waals surface area contributed by atoms with E-state index in [1.807, 2.05) is 24.3 Å². The molecule has 2 aromatic rings. The van der Waals surface area contributed by atoms with Crippen molar-refractivity contribution in [3.63, 3.8) is 0 Å². The molecule has 94 valence electrons. The maximum atomic E-state index is 5.50. The van der Waals surface area contributed by atoms with Crippen LogP contribution in [0.15, 0.2) is 40.9 Å². The minimum atomic E-state index is 0.795. The largest absolute Gasteiger partial charge is 0.496 e. The first kappa shape index (κ1) is 13.0. The molecule has 2 nitrogen and oxygen atoms in total. The predicted octanol–water partition coefficient (Wildman–Crippen LogP) is 4.44. The predicted molar refractivity (Wildman–Crippen MR) is 77.4 cm³/mol. The number of halogens is 1. The molecule has 0 heterocycles. The molecule has 18 heavy (non-hydrogen) atoms. The fraction of sp³-hybridized carbons (Fsp3) is 0.200. The quantitative estimate of drug-likeness (QED) is 0.834. The Labute approximate surface area is 116 Å². The molecule has 0 aliphatic carbocycles. The molecule has 2 aromatic carbocycles. The zero-order chi connectivity index (χ0) is 13.1. The van der Waals surface area contributed by atoms with Crippen LogP contribution in [-0.2, 0) is 0 Å². The van der Waals surface area contributed by atoms with Gasteiger partial charge < -0.3 is 9.47 Å². The van der Waals surface area contributed by atoms with Gasteiger partial charge in [0.25, 0.3) is 0 Å². The van der Waals surface area contributed by atoms with E-state index in [4.69, 9.17) is 9.47 Å². The Hall–Kier alpha value is -1.48. The summed E-state index contributed by atoms with van der Waals surface area (Å²) in [6.07, 6.45) is 0. The van der Waals surface area contributed by atoms with Crippen LogP contribution in [0.5, 0.6) is 11.5 Å². The molecule has 0 fully saturated rings. The summed E-state index contributed by atoms with van der Waals surface area (Å²) in [6.45, 7) is 2.08. The summed E-state index contributed by atoms with van der Waals surface area (Å²) < 4.78 is 11.9. The topological polar surface area (TPSA) is 18.5 Å². The molecule has 0 atom stereocenters. The number of rotatable bonds is 3. The first-order valence-corrected chi connectivity index (χ1v) is 6.44. The standard InChI is InChI=1S/C15H15BrO2/c1-10-6-4-5-7-11(10)14-13(17-2)9-8-12(16)15(14)18-3/h4-9H,1-3H3. The highest BCUT2D eigenvalue weighted by molar-refractivity contribution is 9.10. The number of benzene rings is 2. The number of hydrogen-bond donors (Lipinski definition) is 0. The number of aryl methyl sites for hydroxylation is 1. The van der Waals surface area contributed by atoms with Crippen LogP contribution in [0.3, 0.4) is 0 Å². The second-order valence-corrected chi connectivity index (χ2v) is 4.83. The summed E-state index contributed by atoms with van der Waals surface area (Å²) in [6, 6.07) is 12.1. The fourth-order valence-electron chi connectivity index (χ4n) is 2.02. The summed E-state index contributed by atoms with van der Waals surface area (Å²) in [7, 11) is 3.34. The molecule has 0 bridgehead atoms. The van der Waals surface area contributed by atoms with Gasteiger partial charge in [-0.15, -0.1) is 0 Å². The number of methoxy groups -OCH3 is 2. The molecule has 0 aliphatic heterocycles. The summed E-state index contributed by atoms with van der Waals surface area (Å²) in [5.41, 5.74) is 3.28. The van der Waals surface area contributed by atoms with Crippen molar-refractivity contribution in [1.82, 2.24) is 0 Å². The third-order valence-corrected chi connectivity index (χ3v) is 3.53. The third-order valence-electron chi connectivity index (χ3n) is 2.91. The van der Waals surface area contributed by atoms with Gasteiger partial charge in [0, 0.05) is 0 Å². The van der Waals surface area contributed by atoms with Crippen LogP contribution in [0.2, 0.25) is 0 Å². The Bertz CT molecular complexity index is 564. The molecule has 0 saturated heterocycles. The first-order valence-electron chi connectivity index (χ1n) is 5.65. The first-order chi connectivity index (χ1) is 8.69. The second-order valence-electron chi connectivity index (χ2n) is 3.97. The van der Waals surface area contributed by atoms with Gasteiger partial charge in [-0.25, -0.2) is 0 Å². The van der Waals surface area contributed by atoms with Gasteiger partial charge in [-0.05, 0) is 46.1 Å². The zero-order valence-corrected chi connectivity index (χ0v) is 12.2. The van der Waals surface area contributed by atoms with Crippen LogP contribution in [0.25, 0.3) is 11.1 Å². The van der Waals surface area contributed by atoms with Crippen LogP contribution in [0, 0.1) is 6.92 Å². The lowest BCUT2D eigenvalue weighted by molar-refractivity contribution is 0.395. The average molecular weight is 307 g/mol. The minimum Gasteiger partial charge on any atom is -0.496 e. The van der Waals surface area contributed by atoms with Crippen molar-refractivity contribution >= 4 is 15.9 Å². The van der Waals surface area contributed by atoms with Crippen LogP contribution in [0.1, 0.15) is 5.56 Å². The van der Waals surface area contributed by atoms with Gasteiger partial charge in [0.1, 0.15) is 11.5 Å². The van der Waals surface area contributed by atoms with Crippen LogP contribution in [-0.4, -0.2) is 14.2 Å². The Morgan fingerprint density at radius 1 is 0.944 bits per heavy atom. The Morgan fingerprint density at radius 3 is 2.28 bits per heavy atom. The van der Waals surface area contributed by atoms with Crippen LogP contribution >= 0.6 is 15.9 Å². The minimum absolute atomic E-state index is 0.795. The molecule has 0 spiro atoms. The van der Waals surface area contributed by atoms with Gasteiger partial charge in [-0.2, -0.15) is 0 Å².